The SMILES string of the molecule is COc1cnn(C(C)C)c1C(=O)c1cnn2ccncc12. The first kappa shape index (κ1) is 13.3. The Kier molecular flexibility index (Phi) is 3.17. The molecule has 7 nitrogen and oxygen atoms in total. The molecule has 108 valence electrons. The molecule has 0 saturated heterocycles. The van der Waals surface area contributed by atoms with Crippen LogP contribution in [0.1, 0.15) is 35.9 Å². The van der Waals surface area contributed by atoms with Gasteiger partial charge in [-0.15, -0.1) is 0 Å². The molecule has 3 rings (SSSR count). The Balaban J connectivity index is 2.16. The smallest absolute Gasteiger partial charge is 0.218 e. The highest BCUT2D eigenvalue weighted by atomic mass is 16.5. The molecule has 0 aliphatic heterocycles. The second-order valence-corrected chi connectivity index (χ2v) is 4.89. The number of aromatic nitrogens is 5. The summed E-state index contributed by atoms with van der Waals surface area (Å²) in [4.78, 5) is 16.9. The van der Waals surface area contributed by atoms with Gasteiger partial charge < -0.3 is 4.74 Å². The van der Waals surface area contributed by atoms with Gasteiger partial charge in [0.2, 0.25) is 5.78 Å². The monoisotopic (exact) mass is 285 g/mol. The second kappa shape index (κ2) is 5.01. The highest BCUT2D eigenvalue weighted by molar-refractivity contribution is 6.13. The molecule has 0 unspecified atom stereocenters. The van der Waals surface area contributed by atoms with Crippen LogP contribution in [0.4, 0.5) is 0 Å². The van der Waals surface area contributed by atoms with Gasteiger partial charge in [0.1, 0.15) is 0 Å². The number of ketones is 1. The van der Waals surface area contributed by atoms with Gasteiger partial charge in [-0.2, -0.15) is 10.2 Å². The predicted molar refractivity (Wildman–Crippen MR) is 75.6 cm³/mol. The lowest BCUT2D eigenvalue weighted by molar-refractivity contribution is 0.102. The Morgan fingerprint density at radius 2 is 2.05 bits per heavy atom. The average Bonchev–Trinajstić information content (AvgIpc) is 3.10. The van der Waals surface area contributed by atoms with Gasteiger partial charge in [0.15, 0.2) is 11.4 Å². The van der Waals surface area contributed by atoms with Crippen molar-refractivity contribution in [3.8, 4) is 5.75 Å². The van der Waals surface area contributed by atoms with Crippen LogP contribution in [0.5, 0.6) is 5.75 Å². The summed E-state index contributed by atoms with van der Waals surface area (Å²) < 4.78 is 8.53. The van der Waals surface area contributed by atoms with Crippen LogP contribution >= 0.6 is 0 Å². The molecule has 0 bridgehead atoms. The van der Waals surface area contributed by atoms with E-state index >= 15 is 0 Å². The van der Waals surface area contributed by atoms with Crippen molar-refractivity contribution in [2.45, 2.75) is 19.9 Å². The maximum absolute atomic E-state index is 12.9. The molecule has 0 aromatic carbocycles. The zero-order chi connectivity index (χ0) is 15.0. The van der Waals surface area contributed by atoms with Crippen LogP contribution in [0.25, 0.3) is 5.52 Å². The Bertz CT molecular complexity index is 803. The van der Waals surface area contributed by atoms with Crippen LogP contribution in [0.3, 0.4) is 0 Å². The zero-order valence-electron chi connectivity index (χ0n) is 12.0. The Morgan fingerprint density at radius 3 is 2.76 bits per heavy atom. The fourth-order valence-electron chi connectivity index (χ4n) is 2.24. The molecule has 3 heterocycles. The summed E-state index contributed by atoms with van der Waals surface area (Å²) in [5, 5.41) is 8.39. The summed E-state index contributed by atoms with van der Waals surface area (Å²) in [5.74, 6) is 0.276. The van der Waals surface area contributed by atoms with E-state index in [2.05, 4.69) is 15.2 Å². The van der Waals surface area contributed by atoms with Crippen molar-refractivity contribution in [2.75, 3.05) is 7.11 Å². The number of methoxy groups -OCH3 is 1. The van der Waals surface area contributed by atoms with Crippen LogP contribution in [0.2, 0.25) is 0 Å². The molecule has 0 saturated carbocycles. The van der Waals surface area contributed by atoms with Gasteiger partial charge in [-0.25, -0.2) is 4.52 Å². The third-order valence-corrected chi connectivity index (χ3v) is 3.26. The number of ether oxygens (including phenoxy) is 1. The minimum atomic E-state index is -0.180. The van der Waals surface area contributed by atoms with E-state index in [1.54, 1.807) is 34.0 Å². The summed E-state index contributed by atoms with van der Waals surface area (Å²) in [7, 11) is 1.52. The minimum Gasteiger partial charge on any atom is -0.493 e. The van der Waals surface area contributed by atoms with Gasteiger partial charge in [0, 0.05) is 18.4 Å². The number of hydrogen-bond acceptors (Lipinski definition) is 5. The van der Waals surface area contributed by atoms with Crippen LogP contribution in [-0.2, 0) is 0 Å². The van der Waals surface area contributed by atoms with E-state index in [1.807, 2.05) is 13.8 Å². The lowest BCUT2D eigenvalue weighted by atomic mass is 10.1. The summed E-state index contributed by atoms with van der Waals surface area (Å²) in [5.41, 5.74) is 1.55. The number of fused-ring (bicyclic) bond motifs is 1. The molecule has 0 aliphatic rings. The Morgan fingerprint density at radius 1 is 1.24 bits per heavy atom. The third kappa shape index (κ3) is 2.06. The van der Waals surface area contributed by atoms with E-state index in [9.17, 15) is 4.79 Å². The molecule has 0 spiro atoms. The second-order valence-electron chi connectivity index (χ2n) is 4.89. The van der Waals surface area contributed by atoms with E-state index in [4.69, 9.17) is 4.74 Å². The van der Waals surface area contributed by atoms with Crippen molar-refractivity contribution in [1.82, 2.24) is 24.4 Å². The van der Waals surface area contributed by atoms with Gasteiger partial charge in [0.05, 0.1) is 36.8 Å². The first-order valence-electron chi connectivity index (χ1n) is 6.57. The van der Waals surface area contributed by atoms with E-state index < -0.39 is 0 Å². The van der Waals surface area contributed by atoms with E-state index in [-0.39, 0.29) is 11.8 Å². The van der Waals surface area contributed by atoms with E-state index in [0.29, 0.717) is 22.5 Å². The molecule has 0 aliphatic carbocycles. The number of rotatable bonds is 4. The summed E-state index contributed by atoms with van der Waals surface area (Å²) in [6.45, 7) is 3.92. The van der Waals surface area contributed by atoms with Crippen molar-refractivity contribution in [2.24, 2.45) is 0 Å². The Hall–Kier alpha value is -2.70. The fourth-order valence-corrected chi connectivity index (χ4v) is 2.24. The molecule has 21 heavy (non-hydrogen) atoms. The first-order chi connectivity index (χ1) is 10.1. The number of nitrogens with zero attached hydrogens (tertiary/aromatic N) is 5. The van der Waals surface area contributed by atoms with Gasteiger partial charge in [-0.1, -0.05) is 0 Å². The average molecular weight is 285 g/mol. The molecule has 0 fully saturated rings. The van der Waals surface area contributed by atoms with Crippen molar-refractivity contribution >= 4 is 11.3 Å². The third-order valence-electron chi connectivity index (χ3n) is 3.26. The highest BCUT2D eigenvalue weighted by Crippen LogP contribution is 2.25. The molecule has 0 radical (unpaired) electrons. The fraction of sp³-hybridized carbons (Fsp3) is 0.286. The molecule has 7 heteroatoms. The van der Waals surface area contributed by atoms with Crippen molar-refractivity contribution < 1.29 is 9.53 Å². The Labute approximate surface area is 121 Å². The van der Waals surface area contributed by atoms with Crippen LogP contribution in [0.15, 0.2) is 31.0 Å². The van der Waals surface area contributed by atoms with Crippen LogP contribution in [0, 0.1) is 0 Å². The van der Waals surface area contributed by atoms with Gasteiger partial charge in [-0.05, 0) is 13.8 Å². The van der Waals surface area contributed by atoms with Gasteiger partial charge in [-0.3, -0.25) is 14.5 Å². The molecule has 3 aromatic heterocycles. The molecule has 3 aromatic rings. The highest BCUT2D eigenvalue weighted by Gasteiger charge is 2.24. The standard InChI is InChI=1S/C14H15N5O2/c1-9(2)19-13(12(21-3)8-17-19)14(20)10-6-16-18-5-4-15-7-11(10)18/h4-9H,1-3H3. The van der Waals surface area contributed by atoms with Crippen LogP contribution < -0.4 is 4.74 Å². The molecular weight excluding hydrogens is 270 g/mol. The lowest BCUT2D eigenvalue weighted by Crippen LogP contribution is -2.14. The van der Waals surface area contributed by atoms with Crippen molar-refractivity contribution in [3.05, 3.63) is 42.2 Å². The number of carbonyl (C=O) groups excluding carboxylic acids is 1. The lowest BCUT2D eigenvalue weighted by Gasteiger charge is -2.10. The first-order valence-corrected chi connectivity index (χ1v) is 6.57. The van der Waals surface area contributed by atoms with E-state index in [1.165, 1.54) is 13.3 Å². The minimum absolute atomic E-state index is 0.0489. The number of hydrogen-bond donors (Lipinski definition) is 0. The largest absolute Gasteiger partial charge is 0.493 e. The van der Waals surface area contributed by atoms with Crippen molar-refractivity contribution in [3.63, 3.8) is 0 Å². The number of carbonyl (C=O) groups is 1. The predicted octanol–water partition coefficient (Wildman–Crippen LogP) is 1.75. The van der Waals surface area contributed by atoms with E-state index in [0.717, 1.165) is 0 Å². The maximum atomic E-state index is 12.9. The zero-order valence-corrected chi connectivity index (χ0v) is 12.0. The molecular formula is C14H15N5O2. The molecule has 0 atom stereocenters. The van der Waals surface area contributed by atoms with Gasteiger partial charge >= 0.3 is 0 Å². The summed E-state index contributed by atoms with van der Waals surface area (Å²) in [6, 6.07) is 0.0489. The summed E-state index contributed by atoms with van der Waals surface area (Å²) >= 11 is 0. The van der Waals surface area contributed by atoms with Gasteiger partial charge in [0.25, 0.3) is 0 Å². The maximum Gasteiger partial charge on any atom is 0.218 e. The topological polar surface area (TPSA) is 74.3 Å². The van der Waals surface area contributed by atoms with Crippen molar-refractivity contribution in [1.29, 1.82) is 0 Å². The molecule has 0 N–H and O–H groups in total. The van der Waals surface area contributed by atoms with Crippen LogP contribution in [-0.4, -0.2) is 37.3 Å². The summed E-state index contributed by atoms with van der Waals surface area (Å²) in [6.07, 6.45) is 8.02. The quantitative estimate of drug-likeness (QED) is 0.683. The molecule has 0 amide bonds. The normalized spacial score (nSPS) is 11.2.